The Morgan fingerprint density at radius 3 is 2.47 bits per heavy atom. The van der Waals surface area contributed by atoms with Gasteiger partial charge in [0.15, 0.2) is 0 Å². The van der Waals surface area contributed by atoms with Gasteiger partial charge < -0.3 is 14.0 Å². The zero-order chi connectivity index (χ0) is 23.1. The smallest absolute Gasteiger partial charge is 0.412 e. The molecule has 30 heavy (non-hydrogen) atoms. The van der Waals surface area contributed by atoms with E-state index in [-0.39, 0.29) is 0 Å². The molecule has 1 aliphatic heterocycles. The van der Waals surface area contributed by atoms with Crippen LogP contribution in [-0.4, -0.2) is 26.6 Å². The van der Waals surface area contributed by atoms with Crippen LogP contribution in [0.15, 0.2) is 24.4 Å². The van der Waals surface area contributed by atoms with E-state index in [1.807, 2.05) is 27.7 Å². The third-order valence-corrected chi connectivity index (χ3v) is 6.29. The number of nitrogens with one attached hydrogen (secondary N) is 2. The molecule has 0 saturated carbocycles. The molecule has 0 bridgehead atoms. The lowest BCUT2D eigenvalue weighted by atomic mass is 9.95. The molecule has 2 rings (SSSR count). The molecule has 0 radical (unpaired) electrons. The SMILES string of the molecule is C=C(NC(=O)OC(C)(C)C)[C@@]1(C)Cc2cc(F)cc([C@@H](C)N[S+]([O-])C(C)(C)C)c2O1. The van der Waals surface area contributed by atoms with Crippen LogP contribution in [-0.2, 0) is 22.5 Å². The fourth-order valence-corrected chi connectivity index (χ4v) is 3.81. The quantitative estimate of drug-likeness (QED) is 0.650. The first kappa shape index (κ1) is 24.5. The Morgan fingerprint density at radius 1 is 1.33 bits per heavy atom. The zero-order valence-corrected chi connectivity index (χ0v) is 19.9. The van der Waals surface area contributed by atoms with Gasteiger partial charge in [-0.15, -0.1) is 4.72 Å². The Hall–Kier alpha value is -1.77. The van der Waals surface area contributed by atoms with Gasteiger partial charge in [-0.25, -0.2) is 9.18 Å². The van der Waals surface area contributed by atoms with Crippen molar-refractivity contribution < 1.29 is 23.2 Å². The molecule has 1 aliphatic rings. The minimum absolute atomic E-state index is 0.318. The van der Waals surface area contributed by atoms with Crippen LogP contribution < -0.4 is 14.8 Å². The minimum Gasteiger partial charge on any atom is -0.598 e. The Morgan fingerprint density at radius 2 is 1.93 bits per heavy atom. The van der Waals surface area contributed by atoms with Crippen molar-refractivity contribution in [3.05, 3.63) is 41.4 Å². The minimum atomic E-state index is -1.34. The van der Waals surface area contributed by atoms with Crippen molar-refractivity contribution in [2.24, 2.45) is 0 Å². The Kier molecular flexibility index (Phi) is 6.86. The van der Waals surface area contributed by atoms with Gasteiger partial charge in [0.1, 0.15) is 27.5 Å². The number of benzene rings is 1. The van der Waals surface area contributed by atoms with Gasteiger partial charge in [-0.1, -0.05) is 6.58 Å². The number of fused-ring (bicyclic) bond motifs is 1. The van der Waals surface area contributed by atoms with E-state index < -0.39 is 45.3 Å². The lowest BCUT2D eigenvalue weighted by molar-refractivity contribution is 0.0509. The highest BCUT2D eigenvalue weighted by atomic mass is 32.2. The molecule has 0 aromatic heterocycles. The maximum absolute atomic E-state index is 14.3. The van der Waals surface area contributed by atoms with Crippen molar-refractivity contribution in [2.45, 2.75) is 83.8 Å². The summed E-state index contributed by atoms with van der Waals surface area (Å²) >= 11 is -1.34. The van der Waals surface area contributed by atoms with Crippen LogP contribution >= 0.6 is 0 Å². The van der Waals surface area contributed by atoms with E-state index in [9.17, 15) is 13.7 Å². The van der Waals surface area contributed by atoms with Gasteiger partial charge >= 0.3 is 6.09 Å². The third-order valence-electron chi connectivity index (χ3n) is 4.61. The van der Waals surface area contributed by atoms with E-state index in [4.69, 9.17) is 9.47 Å². The topological polar surface area (TPSA) is 82.7 Å². The van der Waals surface area contributed by atoms with E-state index in [2.05, 4.69) is 16.6 Å². The second kappa shape index (κ2) is 8.40. The maximum Gasteiger partial charge on any atom is 0.412 e. The number of hydrogen-bond acceptors (Lipinski definition) is 5. The van der Waals surface area contributed by atoms with E-state index in [1.165, 1.54) is 12.1 Å². The van der Waals surface area contributed by atoms with Crippen molar-refractivity contribution in [1.82, 2.24) is 10.0 Å². The predicted molar refractivity (Wildman–Crippen MR) is 117 cm³/mol. The van der Waals surface area contributed by atoms with Gasteiger partial charge in [0.05, 0.1) is 11.7 Å². The lowest BCUT2D eigenvalue weighted by Crippen LogP contribution is -2.43. The van der Waals surface area contributed by atoms with Crippen molar-refractivity contribution in [3.63, 3.8) is 0 Å². The summed E-state index contributed by atoms with van der Waals surface area (Å²) in [6.07, 6.45) is -0.299. The van der Waals surface area contributed by atoms with Crippen LogP contribution in [0.1, 0.15) is 72.6 Å². The average molecular weight is 441 g/mol. The van der Waals surface area contributed by atoms with E-state index >= 15 is 0 Å². The van der Waals surface area contributed by atoms with Gasteiger partial charge in [0.2, 0.25) is 0 Å². The molecule has 1 aromatic rings. The van der Waals surface area contributed by atoms with Gasteiger partial charge in [0.25, 0.3) is 0 Å². The molecule has 168 valence electrons. The first-order valence-electron chi connectivity index (χ1n) is 9.90. The van der Waals surface area contributed by atoms with Crippen LogP contribution in [0.2, 0.25) is 0 Å². The highest BCUT2D eigenvalue weighted by molar-refractivity contribution is 7.90. The van der Waals surface area contributed by atoms with Gasteiger partial charge in [-0.3, -0.25) is 5.32 Å². The fourth-order valence-electron chi connectivity index (χ4n) is 3.00. The van der Waals surface area contributed by atoms with Crippen LogP contribution in [0.5, 0.6) is 5.75 Å². The third kappa shape index (κ3) is 5.89. The number of rotatable bonds is 5. The summed E-state index contributed by atoms with van der Waals surface area (Å²) in [7, 11) is 0. The number of hydrogen-bond donors (Lipinski definition) is 2. The standard InChI is InChI=1S/C22H33FN2O4S/c1-13(25-30(27)21(6,7)8)17-11-16(23)10-15-12-22(9,28-18(15)17)14(2)24-19(26)29-20(3,4)5/h10-11,13,25H,2,12H2,1,3-9H3,(H,24,26)/t13-,22-,30?/m1/s1. The van der Waals surface area contributed by atoms with E-state index in [1.54, 1.807) is 27.7 Å². The van der Waals surface area contributed by atoms with Gasteiger partial charge in [-0.2, -0.15) is 0 Å². The Labute approximate surface area is 181 Å². The zero-order valence-electron chi connectivity index (χ0n) is 19.1. The molecule has 0 fully saturated rings. The number of amides is 1. The summed E-state index contributed by atoms with van der Waals surface area (Å²) in [4.78, 5) is 12.1. The molecule has 2 N–H and O–H groups in total. The molecule has 0 spiro atoms. The van der Waals surface area contributed by atoms with Crippen molar-refractivity contribution >= 4 is 17.5 Å². The molecule has 1 amide bonds. The summed E-state index contributed by atoms with van der Waals surface area (Å²) < 4.78 is 40.8. The second-order valence-corrected chi connectivity index (χ2v) is 11.8. The molecular formula is C22H33FN2O4S. The van der Waals surface area contributed by atoms with Crippen molar-refractivity contribution in [2.75, 3.05) is 0 Å². The largest absolute Gasteiger partial charge is 0.598 e. The lowest BCUT2D eigenvalue weighted by Gasteiger charge is -2.29. The van der Waals surface area contributed by atoms with Gasteiger partial charge in [-0.05, 0) is 67.5 Å². The summed E-state index contributed by atoms with van der Waals surface area (Å²) in [6.45, 7) is 18.4. The van der Waals surface area contributed by atoms with Crippen LogP contribution in [0, 0.1) is 5.82 Å². The molecule has 1 unspecified atom stereocenters. The van der Waals surface area contributed by atoms with Crippen molar-refractivity contribution in [1.29, 1.82) is 0 Å². The molecule has 1 aromatic carbocycles. The number of alkyl carbamates (subject to hydrolysis) is 1. The monoisotopic (exact) mass is 440 g/mol. The summed E-state index contributed by atoms with van der Waals surface area (Å²) in [5.74, 6) is 0.106. The molecule has 3 atom stereocenters. The van der Waals surface area contributed by atoms with E-state index in [0.717, 1.165) is 0 Å². The average Bonchev–Trinajstić information content (AvgIpc) is 2.88. The normalized spacial score (nSPS) is 20.7. The van der Waals surface area contributed by atoms with E-state index in [0.29, 0.717) is 29.0 Å². The molecule has 8 heteroatoms. The summed E-state index contributed by atoms with van der Waals surface area (Å²) in [5.41, 5.74) is -0.0698. The molecule has 0 saturated heterocycles. The van der Waals surface area contributed by atoms with Gasteiger partial charge in [0, 0.05) is 28.9 Å². The Bertz CT molecular complexity index is 832. The van der Waals surface area contributed by atoms with Crippen LogP contribution in [0.25, 0.3) is 0 Å². The molecule has 0 aliphatic carbocycles. The maximum atomic E-state index is 14.3. The number of carbonyl (C=O) groups excluding carboxylic acids is 1. The first-order valence-corrected chi connectivity index (χ1v) is 11.1. The highest BCUT2D eigenvalue weighted by Gasteiger charge is 2.41. The molecule has 1 heterocycles. The van der Waals surface area contributed by atoms with Crippen LogP contribution in [0.3, 0.4) is 0 Å². The summed E-state index contributed by atoms with van der Waals surface area (Å²) in [5, 5.41) is 2.63. The van der Waals surface area contributed by atoms with Crippen LogP contribution in [0.4, 0.5) is 9.18 Å². The molecule has 6 nitrogen and oxygen atoms in total. The van der Waals surface area contributed by atoms with Crippen molar-refractivity contribution in [3.8, 4) is 5.75 Å². The molecular weight excluding hydrogens is 407 g/mol. The first-order chi connectivity index (χ1) is 13.5. The fraction of sp³-hybridized carbons (Fsp3) is 0.591. The second-order valence-electron chi connectivity index (χ2n) is 9.82. The Balaban J connectivity index is 2.23. The predicted octanol–water partition coefficient (Wildman–Crippen LogP) is 4.67. The number of carbonyl (C=O) groups is 1. The number of ether oxygens (including phenoxy) is 2. The highest BCUT2D eigenvalue weighted by Crippen LogP contribution is 2.43. The number of halogens is 1. The summed E-state index contributed by atoms with van der Waals surface area (Å²) in [6, 6.07) is 2.38.